The molecule has 0 aliphatic carbocycles. The summed E-state index contributed by atoms with van der Waals surface area (Å²) in [6.45, 7) is 3.50. The first-order valence-electron chi connectivity index (χ1n) is 9.43. The summed E-state index contributed by atoms with van der Waals surface area (Å²) in [5.74, 6) is 2.41. The Balaban J connectivity index is 1.44. The normalized spacial score (nSPS) is 17.0. The van der Waals surface area contributed by atoms with Crippen molar-refractivity contribution in [3.05, 3.63) is 29.6 Å². The molecule has 1 atom stereocenters. The average molecular weight is 411 g/mol. The Kier molecular flexibility index (Phi) is 6.49. The number of nitrogens with zero attached hydrogens (tertiary/aromatic N) is 6. The summed E-state index contributed by atoms with van der Waals surface area (Å²) in [5, 5.41) is 13.7. The van der Waals surface area contributed by atoms with Crippen LogP contribution in [0.2, 0.25) is 0 Å². The Morgan fingerprint density at radius 2 is 2.14 bits per heavy atom. The highest BCUT2D eigenvalue weighted by Crippen LogP contribution is 2.27. The molecule has 3 rings (SSSR count). The molecule has 1 unspecified atom stereocenters. The lowest BCUT2D eigenvalue weighted by atomic mass is 10.1. The molecule has 0 bridgehead atoms. The summed E-state index contributed by atoms with van der Waals surface area (Å²) in [6, 6.07) is 1.00. The topological polar surface area (TPSA) is 105 Å². The first-order chi connectivity index (χ1) is 13.9. The van der Waals surface area contributed by atoms with Gasteiger partial charge in [-0.25, -0.2) is 19.6 Å². The van der Waals surface area contributed by atoms with Crippen molar-refractivity contribution in [2.75, 3.05) is 25.5 Å². The van der Waals surface area contributed by atoms with Crippen LogP contribution < -0.4 is 16.0 Å². The molecule has 1 aliphatic heterocycles. The Labute approximate surface area is 166 Å². The fourth-order valence-corrected chi connectivity index (χ4v) is 2.97. The van der Waals surface area contributed by atoms with E-state index < -0.39 is 11.9 Å². The Hall–Kier alpha value is -2.92. The number of hydrogen-bond acceptors (Lipinski definition) is 6. The van der Waals surface area contributed by atoms with Crippen LogP contribution in [0, 0.1) is 0 Å². The van der Waals surface area contributed by atoms with Gasteiger partial charge in [0.1, 0.15) is 11.5 Å². The minimum Gasteiger partial charge on any atom is -0.355 e. The van der Waals surface area contributed by atoms with E-state index >= 15 is 0 Å². The molecule has 0 amide bonds. The van der Waals surface area contributed by atoms with Gasteiger partial charge < -0.3 is 16.0 Å². The van der Waals surface area contributed by atoms with Gasteiger partial charge in [-0.15, -0.1) is 0 Å². The van der Waals surface area contributed by atoms with E-state index in [2.05, 4.69) is 41.0 Å². The number of hydrogen-bond donors (Lipinski definition) is 3. The van der Waals surface area contributed by atoms with Gasteiger partial charge in [0, 0.05) is 45.2 Å². The second-order valence-corrected chi connectivity index (χ2v) is 6.55. The predicted octanol–water partition coefficient (Wildman–Crippen LogP) is 1.24. The monoisotopic (exact) mass is 411 g/mol. The maximum absolute atomic E-state index is 12.7. The third-order valence-electron chi connectivity index (χ3n) is 4.43. The number of aliphatic imine (C=N–C) groups is 1. The Morgan fingerprint density at radius 1 is 1.31 bits per heavy atom. The molecule has 0 saturated heterocycles. The zero-order valence-corrected chi connectivity index (χ0v) is 16.3. The van der Waals surface area contributed by atoms with Crippen LogP contribution in [-0.2, 0) is 25.6 Å². The predicted molar refractivity (Wildman–Crippen MR) is 102 cm³/mol. The van der Waals surface area contributed by atoms with Gasteiger partial charge in [-0.1, -0.05) is 6.92 Å². The molecule has 29 heavy (non-hydrogen) atoms. The van der Waals surface area contributed by atoms with E-state index in [0.717, 1.165) is 43.2 Å². The molecule has 9 nitrogen and oxygen atoms in total. The summed E-state index contributed by atoms with van der Waals surface area (Å²) >= 11 is 0. The highest BCUT2D eigenvalue weighted by molar-refractivity contribution is 5.80. The molecule has 3 heterocycles. The van der Waals surface area contributed by atoms with Gasteiger partial charge in [0.15, 0.2) is 11.8 Å². The van der Waals surface area contributed by atoms with Crippen molar-refractivity contribution in [3.8, 4) is 0 Å². The minimum atomic E-state index is -4.49. The molecule has 158 valence electrons. The zero-order chi connectivity index (χ0) is 20.9. The van der Waals surface area contributed by atoms with Gasteiger partial charge in [0.05, 0.1) is 6.54 Å². The number of anilines is 1. The van der Waals surface area contributed by atoms with Crippen molar-refractivity contribution in [1.29, 1.82) is 0 Å². The van der Waals surface area contributed by atoms with Crippen molar-refractivity contribution < 1.29 is 13.2 Å². The quantitative estimate of drug-likeness (QED) is 0.373. The van der Waals surface area contributed by atoms with Crippen LogP contribution in [0.3, 0.4) is 0 Å². The van der Waals surface area contributed by atoms with Crippen LogP contribution in [0.1, 0.15) is 30.7 Å². The molecule has 1 aliphatic rings. The summed E-state index contributed by atoms with van der Waals surface area (Å²) in [4.78, 5) is 16.0. The molecule has 12 heteroatoms. The standard InChI is InChI=1S/C17H24F3N9/c1-3-13-27-14-5-4-11(10-29(14)28-13)25-15(21-2)23-8-9-24-16-22-7-6-12(26-16)17(18,19)20/h6-7,11H,3-5,8-10H2,1-2H3,(H2,21,23,25)(H,22,24,26). The molecular weight excluding hydrogens is 387 g/mol. The van der Waals surface area contributed by atoms with Crippen LogP contribution in [0.15, 0.2) is 17.3 Å². The van der Waals surface area contributed by atoms with E-state index in [4.69, 9.17) is 0 Å². The maximum Gasteiger partial charge on any atom is 0.433 e. The third-order valence-corrected chi connectivity index (χ3v) is 4.43. The van der Waals surface area contributed by atoms with Gasteiger partial charge in [0.25, 0.3) is 0 Å². The molecule has 0 radical (unpaired) electrons. The highest BCUT2D eigenvalue weighted by atomic mass is 19.4. The summed E-state index contributed by atoms with van der Waals surface area (Å²) in [7, 11) is 1.66. The summed E-state index contributed by atoms with van der Waals surface area (Å²) in [5.41, 5.74) is -0.976. The van der Waals surface area contributed by atoms with E-state index in [9.17, 15) is 13.2 Å². The second-order valence-electron chi connectivity index (χ2n) is 6.55. The first-order valence-corrected chi connectivity index (χ1v) is 9.43. The van der Waals surface area contributed by atoms with E-state index in [1.165, 1.54) is 0 Å². The number of nitrogens with one attached hydrogen (secondary N) is 3. The fourth-order valence-electron chi connectivity index (χ4n) is 2.97. The molecule has 0 spiro atoms. The first kappa shape index (κ1) is 20.8. The number of rotatable bonds is 6. The number of alkyl halides is 3. The zero-order valence-electron chi connectivity index (χ0n) is 16.3. The number of fused-ring (bicyclic) bond motifs is 1. The van der Waals surface area contributed by atoms with Crippen LogP contribution in [0.4, 0.5) is 19.1 Å². The van der Waals surface area contributed by atoms with Crippen molar-refractivity contribution in [2.45, 2.75) is 44.9 Å². The van der Waals surface area contributed by atoms with Crippen LogP contribution in [0.25, 0.3) is 0 Å². The van der Waals surface area contributed by atoms with Gasteiger partial charge in [-0.3, -0.25) is 4.99 Å². The number of guanidine groups is 1. The lowest BCUT2D eigenvalue weighted by molar-refractivity contribution is -0.141. The van der Waals surface area contributed by atoms with Crippen LogP contribution in [0.5, 0.6) is 0 Å². The molecule has 2 aromatic heterocycles. The van der Waals surface area contributed by atoms with Gasteiger partial charge in [-0.2, -0.15) is 18.3 Å². The summed E-state index contributed by atoms with van der Waals surface area (Å²) in [6.07, 6.45) is -0.845. The number of aromatic nitrogens is 5. The van der Waals surface area contributed by atoms with Gasteiger partial charge in [0.2, 0.25) is 5.95 Å². The van der Waals surface area contributed by atoms with Gasteiger partial charge in [-0.05, 0) is 12.5 Å². The molecule has 0 fully saturated rings. The smallest absolute Gasteiger partial charge is 0.355 e. The van der Waals surface area contributed by atoms with Crippen LogP contribution in [-0.4, -0.2) is 56.9 Å². The van der Waals surface area contributed by atoms with E-state index in [1.54, 1.807) is 7.05 Å². The average Bonchev–Trinajstić information content (AvgIpc) is 3.12. The van der Waals surface area contributed by atoms with E-state index in [0.29, 0.717) is 25.6 Å². The van der Waals surface area contributed by atoms with Crippen molar-refractivity contribution >= 4 is 11.9 Å². The number of halogens is 3. The van der Waals surface area contributed by atoms with Gasteiger partial charge >= 0.3 is 6.18 Å². The Bertz CT molecular complexity index is 847. The molecule has 0 aromatic carbocycles. The highest BCUT2D eigenvalue weighted by Gasteiger charge is 2.32. The van der Waals surface area contributed by atoms with E-state index in [-0.39, 0.29) is 12.0 Å². The molecule has 2 aromatic rings. The lowest BCUT2D eigenvalue weighted by Crippen LogP contribution is -2.48. The maximum atomic E-state index is 12.7. The Morgan fingerprint density at radius 3 is 2.86 bits per heavy atom. The lowest BCUT2D eigenvalue weighted by Gasteiger charge is -2.25. The summed E-state index contributed by atoms with van der Waals surface area (Å²) < 4.78 is 40.0. The SMILES string of the molecule is CCc1nc2n(n1)CC(NC(=NC)NCCNc1nccc(C(F)(F)F)n1)CC2. The van der Waals surface area contributed by atoms with E-state index in [1.807, 2.05) is 11.6 Å². The number of aryl methyl sites for hydroxylation is 2. The van der Waals surface area contributed by atoms with Crippen LogP contribution >= 0.6 is 0 Å². The van der Waals surface area contributed by atoms with Crippen molar-refractivity contribution in [2.24, 2.45) is 4.99 Å². The molecular formula is C17H24F3N9. The molecule has 3 N–H and O–H groups in total. The fraction of sp³-hybridized carbons (Fsp3) is 0.588. The molecule has 0 saturated carbocycles. The second kappa shape index (κ2) is 9.05. The minimum absolute atomic E-state index is 0.0673. The third kappa shape index (κ3) is 5.55. The largest absolute Gasteiger partial charge is 0.433 e. The van der Waals surface area contributed by atoms with Crippen molar-refractivity contribution in [1.82, 2.24) is 35.4 Å². The van der Waals surface area contributed by atoms with Crippen molar-refractivity contribution in [3.63, 3.8) is 0 Å².